The molecule has 0 aromatic heterocycles. The predicted octanol–water partition coefficient (Wildman–Crippen LogP) is 6.84. The zero-order chi connectivity index (χ0) is 25.8. The molecule has 6 nitrogen and oxygen atoms in total. The standard InChI is InChI=1S/C29H45N3O3/c1-28(2,3)21-11-7-19(8-12-21)26(34)31-24-15-23(30-18-33)16-25(17-24)32-27(35)20-9-13-22(14-10-20)29(4,5)6/h15-22H,7-14H2,1-6H3,(H,30,33)(H,31,34)(H,32,35). The number of carbonyl (C=O) groups excluding carboxylic acids is 3. The summed E-state index contributed by atoms with van der Waals surface area (Å²) >= 11 is 0. The molecule has 0 saturated heterocycles. The predicted molar refractivity (Wildman–Crippen MR) is 143 cm³/mol. The van der Waals surface area contributed by atoms with Crippen LogP contribution in [0, 0.1) is 34.5 Å². The van der Waals surface area contributed by atoms with Crippen LogP contribution in [0.3, 0.4) is 0 Å². The molecular weight excluding hydrogens is 438 g/mol. The van der Waals surface area contributed by atoms with Crippen molar-refractivity contribution >= 4 is 35.3 Å². The van der Waals surface area contributed by atoms with Crippen molar-refractivity contribution in [1.82, 2.24) is 0 Å². The van der Waals surface area contributed by atoms with Crippen LogP contribution in [0.15, 0.2) is 18.2 Å². The average Bonchev–Trinajstić information content (AvgIpc) is 2.78. The van der Waals surface area contributed by atoms with Crippen LogP contribution in [0.1, 0.15) is 92.9 Å². The van der Waals surface area contributed by atoms with Crippen molar-refractivity contribution in [3.05, 3.63) is 18.2 Å². The summed E-state index contributed by atoms with van der Waals surface area (Å²) in [5.74, 6) is 1.30. The Morgan fingerprint density at radius 1 is 0.657 bits per heavy atom. The molecular formula is C29H45N3O3. The zero-order valence-electron chi connectivity index (χ0n) is 22.5. The minimum atomic E-state index is -0.00710. The normalized spacial score (nSPS) is 25.4. The molecule has 6 heteroatoms. The number of benzene rings is 1. The van der Waals surface area contributed by atoms with E-state index in [1.165, 1.54) is 0 Å². The number of nitrogens with one attached hydrogen (secondary N) is 3. The van der Waals surface area contributed by atoms with Crippen LogP contribution in [0.25, 0.3) is 0 Å². The van der Waals surface area contributed by atoms with Crippen LogP contribution in [0.2, 0.25) is 0 Å². The molecule has 2 aliphatic carbocycles. The second-order valence-electron chi connectivity index (χ2n) is 12.9. The molecule has 0 radical (unpaired) electrons. The summed E-state index contributed by atoms with van der Waals surface area (Å²) in [7, 11) is 0. The first-order chi connectivity index (χ1) is 16.4. The van der Waals surface area contributed by atoms with E-state index in [2.05, 4.69) is 57.5 Å². The van der Waals surface area contributed by atoms with Gasteiger partial charge >= 0.3 is 0 Å². The first-order valence-corrected chi connectivity index (χ1v) is 13.3. The molecule has 0 atom stereocenters. The maximum Gasteiger partial charge on any atom is 0.227 e. The Balaban J connectivity index is 1.62. The molecule has 2 aliphatic rings. The molecule has 1 aromatic rings. The van der Waals surface area contributed by atoms with Crippen LogP contribution in [0.4, 0.5) is 17.1 Å². The minimum absolute atomic E-state index is 0.00710. The van der Waals surface area contributed by atoms with Crippen molar-refractivity contribution < 1.29 is 14.4 Å². The van der Waals surface area contributed by atoms with E-state index in [0.717, 1.165) is 51.4 Å². The molecule has 35 heavy (non-hydrogen) atoms. The number of hydrogen-bond donors (Lipinski definition) is 3. The lowest BCUT2D eigenvalue weighted by Crippen LogP contribution is -2.32. The van der Waals surface area contributed by atoms with E-state index in [0.29, 0.717) is 35.3 Å². The third-order valence-corrected chi connectivity index (χ3v) is 8.34. The van der Waals surface area contributed by atoms with Crippen LogP contribution < -0.4 is 16.0 Å². The van der Waals surface area contributed by atoms with E-state index in [1.54, 1.807) is 18.2 Å². The lowest BCUT2D eigenvalue weighted by atomic mass is 9.69. The fraction of sp³-hybridized carbons (Fsp3) is 0.690. The molecule has 0 unspecified atom stereocenters. The highest BCUT2D eigenvalue weighted by molar-refractivity contribution is 5.97. The summed E-state index contributed by atoms with van der Waals surface area (Å²) in [6.07, 6.45) is 8.41. The fourth-order valence-electron chi connectivity index (χ4n) is 5.86. The smallest absolute Gasteiger partial charge is 0.227 e. The van der Waals surface area contributed by atoms with Crippen molar-refractivity contribution in [2.24, 2.45) is 34.5 Å². The summed E-state index contributed by atoms with van der Waals surface area (Å²) in [5.41, 5.74) is 2.27. The lowest BCUT2D eigenvalue weighted by molar-refractivity contribution is -0.122. The fourth-order valence-corrected chi connectivity index (χ4v) is 5.86. The molecule has 3 amide bonds. The third kappa shape index (κ3) is 7.55. The zero-order valence-corrected chi connectivity index (χ0v) is 22.5. The summed E-state index contributed by atoms with van der Waals surface area (Å²) in [4.78, 5) is 37.1. The van der Waals surface area contributed by atoms with Gasteiger partial charge in [-0.1, -0.05) is 41.5 Å². The molecule has 1 aromatic carbocycles. The van der Waals surface area contributed by atoms with E-state index in [-0.39, 0.29) is 34.5 Å². The molecule has 0 heterocycles. The van der Waals surface area contributed by atoms with Gasteiger partial charge in [0.2, 0.25) is 18.2 Å². The van der Waals surface area contributed by atoms with Crippen molar-refractivity contribution in [1.29, 1.82) is 0 Å². The highest BCUT2D eigenvalue weighted by atomic mass is 16.2. The van der Waals surface area contributed by atoms with Gasteiger partial charge in [0.1, 0.15) is 0 Å². The molecule has 2 saturated carbocycles. The van der Waals surface area contributed by atoms with Crippen LogP contribution in [-0.4, -0.2) is 18.2 Å². The quantitative estimate of drug-likeness (QED) is 0.387. The summed E-state index contributed by atoms with van der Waals surface area (Å²) in [6.45, 7) is 13.6. The lowest BCUT2D eigenvalue weighted by Gasteiger charge is -2.36. The van der Waals surface area contributed by atoms with E-state index in [4.69, 9.17) is 0 Å². The first-order valence-electron chi connectivity index (χ1n) is 13.3. The van der Waals surface area contributed by atoms with E-state index in [1.807, 2.05) is 0 Å². The van der Waals surface area contributed by atoms with Gasteiger partial charge in [0, 0.05) is 28.9 Å². The van der Waals surface area contributed by atoms with Gasteiger partial charge in [-0.2, -0.15) is 0 Å². The van der Waals surface area contributed by atoms with Crippen molar-refractivity contribution in [2.75, 3.05) is 16.0 Å². The summed E-state index contributed by atoms with van der Waals surface area (Å²) in [6, 6.07) is 5.25. The molecule has 194 valence electrons. The molecule has 0 spiro atoms. The second-order valence-corrected chi connectivity index (χ2v) is 12.9. The number of amides is 3. The first kappa shape index (κ1) is 27.2. The van der Waals surface area contributed by atoms with Gasteiger partial charge in [0.25, 0.3) is 0 Å². The Bertz CT molecular complexity index is 830. The number of carbonyl (C=O) groups is 3. The highest BCUT2D eigenvalue weighted by Gasteiger charge is 2.33. The molecule has 3 rings (SSSR count). The van der Waals surface area contributed by atoms with Crippen LogP contribution >= 0.6 is 0 Å². The minimum Gasteiger partial charge on any atom is -0.329 e. The topological polar surface area (TPSA) is 87.3 Å². The van der Waals surface area contributed by atoms with Crippen molar-refractivity contribution in [2.45, 2.75) is 92.9 Å². The average molecular weight is 484 g/mol. The van der Waals surface area contributed by atoms with Crippen LogP contribution in [0.5, 0.6) is 0 Å². The Morgan fingerprint density at radius 3 is 1.31 bits per heavy atom. The Labute approximate surface area is 211 Å². The highest BCUT2D eigenvalue weighted by Crippen LogP contribution is 2.41. The van der Waals surface area contributed by atoms with Gasteiger partial charge in [-0.3, -0.25) is 14.4 Å². The molecule has 2 fully saturated rings. The number of rotatable bonds is 6. The van der Waals surface area contributed by atoms with E-state index in [9.17, 15) is 14.4 Å². The Kier molecular flexibility index (Phi) is 8.66. The van der Waals surface area contributed by atoms with Gasteiger partial charge in [-0.25, -0.2) is 0 Å². The SMILES string of the molecule is CC(C)(C)C1CCC(C(=O)Nc2cc(NC=O)cc(NC(=O)C3CCC(C(C)(C)C)CC3)c2)CC1. The third-order valence-electron chi connectivity index (χ3n) is 8.34. The Morgan fingerprint density at radius 2 is 1.00 bits per heavy atom. The van der Waals surface area contributed by atoms with Crippen molar-refractivity contribution in [3.8, 4) is 0 Å². The number of anilines is 3. The van der Waals surface area contributed by atoms with Gasteiger partial charge in [0.05, 0.1) is 0 Å². The van der Waals surface area contributed by atoms with Gasteiger partial charge in [-0.15, -0.1) is 0 Å². The second kappa shape index (κ2) is 11.1. The molecule has 0 bridgehead atoms. The largest absolute Gasteiger partial charge is 0.329 e. The van der Waals surface area contributed by atoms with Gasteiger partial charge in [0.15, 0.2) is 0 Å². The van der Waals surface area contributed by atoms with Crippen molar-refractivity contribution in [3.63, 3.8) is 0 Å². The number of hydrogen-bond acceptors (Lipinski definition) is 3. The molecule has 0 aliphatic heterocycles. The summed E-state index contributed by atoms with van der Waals surface area (Å²) < 4.78 is 0. The van der Waals surface area contributed by atoms with Gasteiger partial charge in [-0.05, 0) is 92.2 Å². The monoisotopic (exact) mass is 483 g/mol. The molecule has 3 N–H and O–H groups in total. The maximum atomic E-state index is 13.0. The Hall–Kier alpha value is -2.37. The maximum absolute atomic E-state index is 13.0. The summed E-state index contributed by atoms with van der Waals surface area (Å²) in [5, 5.41) is 8.72. The van der Waals surface area contributed by atoms with E-state index >= 15 is 0 Å². The van der Waals surface area contributed by atoms with Gasteiger partial charge < -0.3 is 16.0 Å². The van der Waals surface area contributed by atoms with E-state index < -0.39 is 0 Å². The van der Waals surface area contributed by atoms with Crippen LogP contribution in [-0.2, 0) is 14.4 Å².